The second-order valence-corrected chi connectivity index (χ2v) is 16.7. The van der Waals surface area contributed by atoms with Gasteiger partial charge in [0.15, 0.2) is 6.04 Å². The third-order valence-electron chi connectivity index (χ3n) is 9.65. The molecule has 0 radical (unpaired) electrons. The Morgan fingerprint density at radius 1 is 0.561 bits per heavy atom. The van der Waals surface area contributed by atoms with Crippen molar-refractivity contribution in [3.05, 3.63) is 36.5 Å². The number of aliphatic hydroxyl groups excluding tert-OH is 1. The molecule has 0 rings (SSSR count). The van der Waals surface area contributed by atoms with Gasteiger partial charge in [0.05, 0.1) is 13.2 Å². The molecule has 0 fully saturated rings. The molecule has 0 aliphatic heterocycles. The van der Waals surface area contributed by atoms with E-state index in [1.165, 1.54) is 83.5 Å². The van der Waals surface area contributed by atoms with E-state index in [0.29, 0.717) is 12.8 Å². The standard InChI is InChI=1S/C45H82NO10P/c1-3-5-7-9-11-13-15-17-19-20-21-23-24-26-28-30-32-34-36-43(48)46-42(45(50)51)40-56-57(52,53)55-39-41(47)38-54-44(49)37-35-33-31-29-27-25-22-18-16-14-12-10-8-6-4-2/h12,14,18-20,22,41-42,47H,3-11,13,15-17,21,23-40H2,1-2H3,(H,46,48)(H,50,51)(H,52,53)/b14-12-,20-19-,22-18-. The van der Waals surface area contributed by atoms with E-state index in [2.05, 4.69) is 55.6 Å². The van der Waals surface area contributed by atoms with Crippen LogP contribution in [0.4, 0.5) is 0 Å². The number of carbonyl (C=O) groups excluding carboxylic acids is 2. The Labute approximate surface area is 346 Å². The number of carboxylic acid groups (broad SMARTS) is 1. The Hall–Kier alpha value is -2.30. The summed E-state index contributed by atoms with van der Waals surface area (Å²) in [5, 5.41) is 21.8. The van der Waals surface area contributed by atoms with Crippen molar-refractivity contribution in [3.8, 4) is 0 Å². The second-order valence-electron chi connectivity index (χ2n) is 15.2. The summed E-state index contributed by atoms with van der Waals surface area (Å²) in [5.41, 5.74) is 0. The van der Waals surface area contributed by atoms with Crippen LogP contribution in [0.3, 0.4) is 0 Å². The molecule has 11 nitrogen and oxygen atoms in total. The average molecular weight is 828 g/mol. The van der Waals surface area contributed by atoms with Crippen LogP contribution in [0.15, 0.2) is 36.5 Å². The van der Waals surface area contributed by atoms with Crippen LogP contribution in [0.5, 0.6) is 0 Å². The maximum absolute atomic E-state index is 12.3. The van der Waals surface area contributed by atoms with E-state index >= 15 is 0 Å². The van der Waals surface area contributed by atoms with E-state index in [1.54, 1.807) is 0 Å². The topological polar surface area (TPSA) is 169 Å². The summed E-state index contributed by atoms with van der Waals surface area (Å²) in [4.78, 5) is 45.9. The van der Waals surface area contributed by atoms with Gasteiger partial charge in [0.25, 0.3) is 0 Å². The highest BCUT2D eigenvalue weighted by Crippen LogP contribution is 2.43. The maximum Gasteiger partial charge on any atom is 0.472 e. The largest absolute Gasteiger partial charge is 0.480 e. The van der Waals surface area contributed by atoms with Gasteiger partial charge in [0.2, 0.25) is 5.91 Å². The predicted molar refractivity (Wildman–Crippen MR) is 231 cm³/mol. The summed E-state index contributed by atoms with van der Waals surface area (Å²) in [6, 6.07) is -1.55. The monoisotopic (exact) mass is 828 g/mol. The van der Waals surface area contributed by atoms with E-state index < -0.39 is 57.6 Å². The molecular weight excluding hydrogens is 745 g/mol. The number of hydrogen-bond donors (Lipinski definition) is 4. The van der Waals surface area contributed by atoms with E-state index in [1.807, 2.05) is 0 Å². The van der Waals surface area contributed by atoms with Gasteiger partial charge in [-0.25, -0.2) is 9.36 Å². The Balaban J connectivity index is 3.91. The SMILES string of the molecule is CCCCC/C=C\C/C=C\CCCCCCCC(=O)OCC(O)COP(=O)(O)OCC(NC(=O)CCCCCCCCC/C=C\CCCCCCCCC)C(=O)O. The summed E-state index contributed by atoms with van der Waals surface area (Å²) in [6.07, 6.45) is 43.0. The molecule has 0 bridgehead atoms. The first-order chi connectivity index (χ1) is 27.6. The van der Waals surface area contributed by atoms with Crippen molar-refractivity contribution in [2.75, 3.05) is 19.8 Å². The van der Waals surface area contributed by atoms with Crippen molar-refractivity contribution in [2.45, 2.75) is 212 Å². The van der Waals surface area contributed by atoms with Crippen LogP contribution in [-0.4, -0.2) is 64.9 Å². The first kappa shape index (κ1) is 54.7. The predicted octanol–water partition coefficient (Wildman–Crippen LogP) is 11.6. The lowest BCUT2D eigenvalue weighted by atomic mass is 10.1. The van der Waals surface area contributed by atoms with Gasteiger partial charge in [-0.2, -0.15) is 0 Å². The normalized spacial score (nSPS) is 14.0. The number of allylic oxidation sites excluding steroid dienone is 6. The van der Waals surface area contributed by atoms with Gasteiger partial charge in [-0.3, -0.25) is 18.6 Å². The summed E-state index contributed by atoms with van der Waals surface area (Å²) in [7, 11) is -4.76. The molecule has 332 valence electrons. The Kier molecular flexibility index (Phi) is 38.8. The Bertz CT molecular complexity index is 1110. The molecule has 3 unspecified atom stereocenters. The lowest BCUT2D eigenvalue weighted by Gasteiger charge is -2.18. The molecule has 0 heterocycles. The number of amides is 1. The lowest BCUT2D eigenvalue weighted by Crippen LogP contribution is -2.43. The number of hydrogen-bond acceptors (Lipinski definition) is 8. The quantitative estimate of drug-likeness (QED) is 0.0201. The summed E-state index contributed by atoms with van der Waals surface area (Å²) in [5.74, 6) is -2.39. The molecule has 4 N–H and O–H groups in total. The van der Waals surface area contributed by atoms with Crippen LogP contribution in [0.2, 0.25) is 0 Å². The fourth-order valence-electron chi connectivity index (χ4n) is 6.10. The van der Waals surface area contributed by atoms with E-state index in [9.17, 15) is 34.1 Å². The zero-order chi connectivity index (χ0) is 42.1. The van der Waals surface area contributed by atoms with Gasteiger partial charge in [0.1, 0.15) is 12.7 Å². The van der Waals surface area contributed by atoms with Crippen molar-refractivity contribution >= 4 is 25.7 Å². The van der Waals surface area contributed by atoms with Crippen molar-refractivity contribution in [1.82, 2.24) is 5.32 Å². The van der Waals surface area contributed by atoms with Gasteiger partial charge in [0, 0.05) is 12.8 Å². The third kappa shape index (κ3) is 40.3. The third-order valence-corrected chi connectivity index (χ3v) is 10.6. The molecule has 12 heteroatoms. The number of nitrogens with one attached hydrogen (secondary N) is 1. The molecular formula is C45H82NO10P. The van der Waals surface area contributed by atoms with Crippen molar-refractivity contribution < 1.29 is 47.8 Å². The number of aliphatic hydroxyl groups is 1. The molecule has 3 atom stereocenters. The smallest absolute Gasteiger partial charge is 0.472 e. The van der Waals surface area contributed by atoms with Crippen molar-refractivity contribution in [2.24, 2.45) is 0 Å². The van der Waals surface area contributed by atoms with Gasteiger partial charge < -0.3 is 25.2 Å². The van der Waals surface area contributed by atoms with E-state index in [4.69, 9.17) is 13.8 Å². The lowest BCUT2D eigenvalue weighted by molar-refractivity contribution is -0.147. The summed E-state index contributed by atoms with van der Waals surface area (Å²) in [6.45, 7) is 2.55. The molecule has 1 amide bonds. The van der Waals surface area contributed by atoms with E-state index in [-0.39, 0.29) is 12.8 Å². The molecule has 0 aliphatic rings. The first-order valence-electron chi connectivity index (χ1n) is 22.5. The second kappa shape index (κ2) is 40.5. The maximum atomic E-state index is 12.3. The summed E-state index contributed by atoms with van der Waals surface area (Å²) >= 11 is 0. The van der Waals surface area contributed by atoms with Crippen LogP contribution < -0.4 is 5.32 Å². The number of unbranched alkanes of at least 4 members (excludes halogenated alkanes) is 22. The van der Waals surface area contributed by atoms with Gasteiger partial charge in [-0.05, 0) is 70.6 Å². The number of carbonyl (C=O) groups is 3. The van der Waals surface area contributed by atoms with Crippen LogP contribution in [0.25, 0.3) is 0 Å². The van der Waals surface area contributed by atoms with Gasteiger partial charge >= 0.3 is 19.8 Å². The number of phosphoric acid groups is 1. The summed E-state index contributed by atoms with van der Waals surface area (Å²) < 4.78 is 26.8. The van der Waals surface area contributed by atoms with Crippen LogP contribution >= 0.6 is 7.82 Å². The van der Waals surface area contributed by atoms with Gasteiger partial charge in [-0.15, -0.1) is 0 Å². The van der Waals surface area contributed by atoms with Gasteiger partial charge in [-0.1, -0.05) is 153 Å². The van der Waals surface area contributed by atoms with Crippen LogP contribution in [0.1, 0.15) is 200 Å². The fraction of sp³-hybridized carbons (Fsp3) is 0.800. The minimum atomic E-state index is -4.76. The number of rotatable bonds is 42. The van der Waals surface area contributed by atoms with Crippen molar-refractivity contribution in [3.63, 3.8) is 0 Å². The highest BCUT2D eigenvalue weighted by atomic mass is 31.2. The molecule has 0 aromatic heterocycles. The minimum Gasteiger partial charge on any atom is -0.480 e. The molecule has 0 aliphatic carbocycles. The number of ether oxygens (including phenoxy) is 1. The molecule has 0 aromatic carbocycles. The molecule has 0 spiro atoms. The number of phosphoric ester groups is 1. The van der Waals surface area contributed by atoms with Crippen molar-refractivity contribution in [1.29, 1.82) is 0 Å². The van der Waals surface area contributed by atoms with Crippen LogP contribution in [-0.2, 0) is 32.7 Å². The zero-order valence-corrected chi connectivity index (χ0v) is 36.8. The Morgan fingerprint density at radius 3 is 1.47 bits per heavy atom. The number of carboxylic acids is 1. The number of aliphatic carboxylic acids is 1. The first-order valence-corrected chi connectivity index (χ1v) is 24.0. The van der Waals surface area contributed by atoms with Crippen LogP contribution in [0, 0.1) is 0 Å². The fourth-order valence-corrected chi connectivity index (χ4v) is 6.88. The molecule has 0 aromatic rings. The molecule has 57 heavy (non-hydrogen) atoms. The average Bonchev–Trinajstić information content (AvgIpc) is 3.18. The highest BCUT2D eigenvalue weighted by molar-refractivity contribution is 7.47. The Morgan fingerprint density at radius 2 is 0.965 bits per heavy atom. The highest BCUT2D eigenvalue weighted by Gasteiger charge is 2.28. The van der Waals surface area contributed by atoms with E-state index in [0.717, 1.165) is 77.0 Å². The number of esters is 1. The minimum absolute atomic E-state index is 0.140. The zero-order valence-electron chi connectivity index (χ0n) is 35.9. The molecule has 0 saturated carbocycles. The molecule has 0 saturated heterocycles.